The molecule has 1 aromatic heterocycles. The number of aromatic nitrogens is 2. The molecule has 0 unspecified atom stereocenters. The van der Waals surface area contributed by atoms with E-state index < -0.39 is 0 Å². The second-order valence-corrected chi connectivity index (χ2v) is 7.17. The van der Waals surface area contributed by atoms with E-state index in [-0.39, 0.29) is 0 Å². The third-order valence-electron chi connectivity index (χ3n) is 5.17. The van der Waals surface area contributed by atoms with Gasteiger partial charge in [-0.3, -0.25) is 0 Å². The van der Waals surface area contributed by atoms with Crippen LogP contribution in [0.3, 0.4) is 0 Å². The Kier molecular flexibility index (Phi) is 6.14. The van der Waals surface area contributed by atoms with Crippen molar-refractivity contribution in [3.8, 4) is 11.5 Å². The summed E-state index contributed by atoms with van der Waals surface area (Å²) in [4.78, 5) is 4.83. The Labute approximate surface area is 177 Å². The molecule has 30 heavy (non-hydrogen) atoms. The molecule has 0 N–H and O–H groups in total. The number of para-hydroxylation sites is 2. The Morgan fingerprint density at radius 3 is 2.53 bits per heavy atom. The van der Waals surface area contributed by atoms with Crippen LogP contribution in [-0.2, 0) is 26.0 Å². The molecule has 1 heterocycles. The normalized spacial score (nSPS) is 10.8. The zero-order valence-electron chi connectivity index (χ0n) is 17.3. The predicted molar refractivity (Wildman–Crippen MR) is 121 cm³/mol. The Hall–Kier alpha value is -3.53. The average molecular weight is 399 g/mol. The maximum absolute atomic E-state index is 6.14. The van der Waals surface area contributed by atoms with Crippen LogP contribution in [-0.4, -0.2) is 16.7 Å². The van der Waals surface area contributed by atoms with E-state index in [2.05, 4.69) is 47.5 Å². The van der Waals surface area contributed by atoms with E-state index in [1.165, 1.54) is 5.56 Å². The molecule has 0 saturated carbocycles. The van der Waals surface area contributed by atoms with Gasteiger partial charge in [0.25, 0.3) is 0 Å². The quantitative estimate of drug-likeness (QED) is 0.345. The number of benzene rings is 3. The first kappa shape index (κ1) is 19.8. The minimum absolute atomic E-state index is 0.376. The van der Waals surface area contributed by atoms with Gasteiger partial charge in [0, 0.05) is 6.54 Å². The molecule has 4 aromatic rings. The van der Waals surface area contributed by atoms with Crippen LogP contribution in [0.25, 0.3) is 11.0 Å². The zero-order valence-corrected chi connectivity index (χ0v) is 17.3. The molecule has 0 radical (unpaired) electrons. The van der Waals surface area contributed by atoms with Gasteiger partial charge in [0.15, 0.2) is 11.5 Å². The lowest BCUT2D eigenvalue weighted by atomic mass is 10.1. The molecule has 0 bridgehead atoms. The van der Waals surface area contributed by atoms with Gasteiger partial charge in [-0.05, 0) is 48.2 Å². The minimum Gasteiger partial charge on any atom is -0.493 e. The molecule has 0 fully saturated rings. The summed E-state index contributed by atoms with van der Waals surface area (Å²) in [5.41, 5.74) is 4.56. The van der Waals surface area contributed by atoms with Gasteiger partial charge in [-0.1, -0.05) is 54.6 Å². The molecule has 4 heteroatoms. The number of imidazole rings is 1. The molecular weight excluding hydrogens is 372 g/mol. The summed E-state index contributed by atoms with van der Waals surface area (Å²) >= 11 is 0. The number of nitrogens with zero attached hydrogens (tertiary/aromatic N) is 2. The molecule has 0 spiro atoms. The molecule has 152 valence electrons. The van der Waals surface area contributed by atoms with E-state index >= 15 is 0 Å². The fourth-order valence-corrected chi connectivity index (χ4v) is 3.64. The summed E-state index contributed by atoms with van der Waals surface area (Å²) in [6.07, 6.45) is 3.62. The number of hydrogen-bond donors (Lipinski definition) is 0. The summed E-state index contributed by atoms with van der Waals surface area (Å²) in [6, 6.07) is 24.7. The average Bonchev–Trinajstić information content (AvgIpc) is 3.15. The number of aryl methyl sites for hydroxylation is 2. The summed E-state index contributed by atoms with van der Waals surface area (Å²) < 4.78 is 13.9. The number of rotatable bonds is 9. The second kappa shape index (κ2) is 9.31. The fraction of sp³-hybridized carbons (Fsp3) is 0.192. The molecule has 4 nitrogen and oxygen atoms in total. The number of allylic oxidation sites excluding steroid dienone is 1. The van der Waals surface area contributed by atoms with Crippen LogP contribution < -0.4 is 9.47 Å². The molecule has 0 saturated heterocycles. The van der Waals surface area contributed by atoms with E-state index in [1.54, 1.807) is 7.11 Å². The number of fused-ring (bicyclic) bond motifs is 1. The Bertz CT molecular complexity index is 1130. The first-order valence-electron chi connectivity index (χ1n) is 10.2. The lowest BCUT2D eigenvalue weighted by Gasteiger charge is -2.13. The lowest BCUT2D eigenvalue weighted by Crippen LogP contribution is -2.09. The highest BCUT2D eigenvalue weighted by atomic mass is 16.5. The molecule has 4 rings (SSSR count). The van der Waals surface area contributed by atoms with E-state index in [4.69, 9.17) is 14.5 Å². The van der Waals surface area contributed by atoms with Crippen LogP contribution in [0.15, 0.2) is 85.5 Å². The van der Waals surface area contributed by atoms with Gasteiger partial charge < -0.3 is 14.0 Å². The standard InChI is InChI=1S/C26H26N2O2/c1-3-9-21-14-15-24(25(18-21)29-2)30-19-26-27-22-12-7-8-13-23(22)28(26)17-16-20-10-5-4-6-11-20/h3-8,10-15,18H,1,9,16-17,19H2,2H3. The van der Waals surface area contributed by atoms with E-state index in [0.29, 0.717) is 12.4 Å². The van der Waals surface area contributed by atoms with Crippen molar-refractivity contribution < 1.29 is 9.47 Å². The maximum Gasteiger partial charge on any atom is 0.161 e. The third-order valence-corrected chi connectivity index (χ3v) is 5.17. The van der Waals surface area contributed by atoms with Crippen molar-refractivity contribution in [2.45, 2.75) is 26.0 Å². The Morgan fingerprint density at radius 1 is 0.933 bits per heavy atom. The lowest BCUT2D eigenvalue weighted by molar-refractivity contribution is 0.272. The van der Waals surface area contributed by atoms with Crippen molar-refractivity contribution in [3.63, 3.8) is 0 Å². The van der Waals surface area contributed by atoms with Gasteiger partial charge in [-0.15, -0.1) is 6.58 Å². The molecule has 0 aliphatic heterocycles. The molecule has 3 aromatic carbocycles. The van der Waals surface area contributed by atoms with Gasteiger partial charge in [-0.25, -0.2) is 4.98 Å². The zero-order chi connectivity index (χ0) is 20.8. The first-order valence-corrected chi connectivity index (χ1v) is 10.2. The van der Waals surface area contributed by atoms with E-state index in [1.807, 2.05) is 42.5 Å². The largest absolute Gasteiger partial charge is 0.493 e. The Morgan fingerprint density at radius 2 is 1.73 bits per heavy atom. The van der Waals surface area contributed by atoms with Crippen LogP contribution in [0.4, 0.5) is 0 Å². The maximum atomic E-state index is 6.14. The van der Waals surface area contributed by atoms with Crippen molar-refractivity contribution in [2.75, 3.05) is 7.11 Å². The van der Waals surface area contributed by atoms with Crippen LogP contribution >= 0.6 is 0 Å². The van der Waals surface area contributed by atoms with Crippen molar-refractivity contribution in [1.82, 2.24) is 9.55 Å². The number of ether oxygens (including phenoxy) is 2. The Balaban J connectivity index is 1.57. The van der Waals surface area contributed by atoms with Gasteiger partial charge >= 0.3 is 0 Å². The molecule has 0 aliphatic carbocycles. The van der Waals surface area contributed by atoms with Crippen molar-refractivity contribution >= 4 is 11.0 Å². The van der Waals surface area contributed by atoms with Gasteiger partial charge in [-0.2, -0.15) is 0 Å². The van der Waals surface area contributed by atoms with Crippen molar-refractivity contribution in [2.24, 2.45) is 0 Å². The highest BCUT2D eigenvalue weighted by Gasteiger charge is 2.13. The number of hydrogen-bond acceptors (Lipinski definition) is 3. The van der Waals surface area contributed by atoms with Gasteiger partial charge in [0.05, 0.1) is 18.1 Å². The van der Waals surface area contributed by atoms with Crippen LogP contribution in [0, 0.1) is 0 Å². The van der Waals surface area contributed by atoms with Crippen LogP contribution in [0.1, 0.15) is 17.0 Å². The van der Waals surface area contributed by atoms with E-state index in [0.717, 1.165) is 47.6 Å². The molecule has 0 amide bonds. The summed E-state index contributed by atoms with van der Waals surface area (Å²) in [5, 5.41) is 0. The topological polar surface area (TPSA) is 36.3 Å². The van der Waals surface area contributed by atoms with Gasteiger partial charge in [0.2, 0.25) is 0 Å². The summed E-state index contributed by atoms with van der Waals surface area (Å²) in [6.45, 7) is 5.02. The highest BCUT2D eigenvalue weighted by molar-refractivity contribution is 5.75. The van der Waals surface area contributed by atoms with Crippen LogP contribution in [0.5, 0.6) is 11.5 Å². The fourth-order valence-electron chi connectivity index (χ4n) is 3.64. The van der Waals surface area contributed by atoms with Crippen molar-refractivity contribution in [1.29, 1.82) is 0 Å². The summed E-state index contributed by atoms with van der Waals surface area (Å²) in [5.74, 6) is 2.35. The minimum atomic E-state index is 0.376. The predicted octanol–water partition coefficient (Wildman–Crippen LogP) is 5.60. The molecular formula is C26H26N2O2. The highest BCUT2D eigenvalue weighted by Crippen LogP contribution is 2.29. The molecule has 0 atom stereocenters. The monoisotopic (exact) mass is 398 g/mol. The van der Waals surface area contributed by atoms with Crippen molar-refractivity contribution in [3.05, 3.63) is 102 Å². The van der Waals surface area contributed by atoms with Crippen LogP contribution in [0.2, 0.25) is 0 Å². The van der Waals surface area contributed by atoms with Gasteiger partial charge in [0.1, 0.15) is 12.4 Å². The SMILES string of the molecule is C=CCc1ccc(OCc2nc3ccccc3n2CCc2ccccc2)c(OC)c1. The smallest absolute Gasteiger partial charge is 0.161 e. The van der Waals surface area contributed by atoms with E-state index in [9.17, 15) is 0 Å². The summed E-state index contributed by atoms with van der Waals surface area (Å²) in [7, 11) is 1.66. The second-order valence-electron chi connectivity index (χ2n) is 7.17. The first-order chi connectivity index (χ1) is 14.8. The number of methoxy groups -OCH3 is 1. The third kappa shape index (κ3) is 4.38. The molecule has 0 aliphatic rings.